The highest BCUT2D eigenvalue weighted by atomic mass is 127. The summed E-state index contributed by atoms with van der Waals surface area (Å²) in [6, 6.07) is 4.64. The number of fused-ring (bicyclic) bond motifs is 1. The lowest BCUT2D eigenvalue weighted by Gasteiger charge is -2.34. The van der Waals surface area contributed by atoms with Gasteiger partial charge in [0.25, 0.3) is 5.69 Å². The van der Waals surface area contributed by atoms with E-state index in [9.17, 15) is 30.2 Å². The fraction of sp³-hybridized carbons (Fsp3) is 0.450. The van der Waals surface area contributed by atoms with Crippen LogP contribution in [0.3, 0.4) is 0 Å². The Labute approximate surface area is 207 Å². The van der Waals surface area contributed by atoms with Gasteiger partial charge in [0.2, 0.25) is 17.6 Å². The molecule has 1 fully saturated rings. The van der Waals surface area contributed by atoms with E-state index in [0.717, 1.165) is 0 Å². The Hall–Kier alpha value is -2.66. The lowest BCUT2D eigenvalue weighted by molar-refractivity contribution is -0.386. The fourth-order valence-corrected chi connectivity index (χ4v) is 4.65. The molecule has 2 aliphatic rings. The van der Waals surface area contributed by atoms with Crippen molar-refractivity contribution in [2.75, 3.05) is 11.9 Å². The van der Waals surface area contributed by atoms with Gasteiger partial charge in [-0.3, -0.25) is 24.8 Å². The Morgan fingerprint density at radius 3 is 2.88 bits per heavy atom. The number of carbonyl (C=O) groups excluding carboxylic acids is 1. The fourth-order valence-electron chi connectivity index (χ4n) is 4.17. The smallest absolute Gasteiger partial charge is 0.274 e. The lowest BCUT2D eigenvalue weighted by atomic mass is 9.86. The van der Waals surface area contributed by atoms with Crippen LogP contribution in [0.4, 0.5) is 11.5 Å². The van der Waals surface area contributed by atoms with E-state index in [1.54, 1.807) is 19.1 Å². The number of rotatable bonds is 5. The number of imidazole rings is 1. The summed E-state index contributed by atoms with van der Waals surface area (Å²) in [6.45, 7) is 2.47. The van der Waals surface area contributed by atoms with E-state index in [-0.39, 0.29) is 41.7 Å². The molecule has 0 saturated carbocycles. The maximum absolute atomic E-state index is 11.8. The van der Waals surface area contributed by atoms with Crippen molar-refractivity contribution >= 4 is 46.0 Å². The first kappa shape index (κ1) is 24.5. The Morgan fingerprint density at radius 2 is 2.26 bits per heavy atom. The molecule has 14 heteroatoms. The number of guanidine groups is 1. The number of amides is 1. The van der Waals surface area contributed by atoms with Gasteiger partial charge in [0.15, 0.2) is 0 Å². The number of nitrogens with zero attached hydrogens (tertiary/aromatic N) is 4. The van der Waals surface area contributed by atoms with Gasteiger partial charge in [-0.25, -0.2) is 9.98 Å². The number of benzene rings is 1. The summed E-state index contributed by atoms with van der Waals surface area (Å²) < 4.78 is 7.88. The van der Waals surface area contributed by atoms with E-state index in [2.05, 4.69) is 20.6 Å². The van der Waals surface area contributed by atoms with Crippen molar-refractivity contribution in [1.29, 1.82) is 0 Å². The number of anilines is 1. The second-order valence-electron chi connectivity index (χ2n) is 8.14. The van der Waals surface area contributed by atoms with Crippen molar-refractivity contribution in [3.8, 4) is 0 Å². The zero-order chi connectivity index (χ0) is 24.8. The van der Waals surface area contributed by atoms with E-state index in [0.29, 0.717) is 3.57 Å². The van der Waals surface area contributed by atoms with Crippen LogP contribution < -0.4 is 10.6 Å². The van der Waals surface area contributed by atoms with Crippen LogP contribution in [0.5, 0.6) is 0 Å². The van der Waals surface area contributed by atoms with Crippen molar-refractivity contribution in [3.05, 3.63) is 49.5 Å². The summed E-state index contributed by atoms with van der Waals surface area (Å²) in [4.78, 5) is 31.5. The average molecular weight is 586 g/mol. The third-order valence-electron chi connectivity index (χ3n) is 5.91. The van der Waals surface area contributed by atoms with Gasteiger partial charge in [-0.2, -0.15) is 0 Å². The highest BCUT2D eigenvalue weighted by Crippen LogP contribution is 2.46. The first-order chi connectivity index (χ1) is 16.0. The predicted molar refractivity (Wildman–Crippen MR) is 127 cm³/mol. The van der Waals surface area contributed by atoms with Crippen LogP contribution in [0.1, 0.15) is 43.7 Å². The molecule has 13 nitrogen and oxygen atoms in total. The molecule has 4 rings (SSSR count). The maximum Gasteiger partial charge on any atom is 0.274 e. The summed E-state index contributed by atoms with van der Waals surface area (Å²) in [7, 11) is 0. The quantitative estimate of drug-likeness (QED) is 0.193. The molecule has 1 aromatic heterocycles. The van der Waals surface area contributed by atoms with Crippen molar-refractivity contribution in [2.24, 2.45) is 4.99 Å². The van der Waals surface area contributed by atoms with E-state index in [1.165, 1.54) is 23.9 Å². The summed E-state index contributed by atoms with van der Waals surface area (Å²) >= 11 is 1.96. The number of nitrogens with one attached hydrogen (secondary N) is 2. The number of halogens is 1. The first-order valence-corrected chi connectivity index (χ1v) is 11.4. The summed E-state index contributed by atoms with van der Waals surface area (Å²) in [6.07, 6.45) is -0.894. The Balaban J connectivity index is 1.82. The molecule has 0 bridgehead atoms. The van der Waals surface area contributed by atoms with E-state index >= 15 is 0 Å². The third-order valence-corrected chi connectivity index (χ3v) is 6.58. The summed E-state index contributed by atoms with van der Waals surface area (Å²) in [5.41, 5.74) is -1.98. The van der Waals surface area contributed by atoms with Gasteiger partial charge in [0, 0.05) is 34.5 Å². The van der Waals surface area contributed by atoms with Crippen molar-refractivity contribution in [1.82, 2.24) is 14.9 Å². The minimum absolute atomic E-state index is 0.0625. The van der Waals surface area contributed by atoms with Crippen LogP contribution in [0.2, 0.25) is 0 Å². The zero-order valence-electron chi connectivity index (χ0n) is 18.2. The van der Waals surface area contributed by atoms with Crippen LogP contribution in [-0.4, -0.2) is 60.5 Å². The van der Waals surface area contributed by atoms with Crippen molar-refractivity contribution in [2.45, 2.75) is 50.3 Å². The van der Waals surface area contributed by atoms with Crippen molar-refractivity contribution in [3.63, 3.8) is 0 Å². The lowest BCUT2D eigenvalue weighted by Crippen LogP contribution is -2.44. The topological polar surface area (TPSA) is 184 Å². The number of hydrogen-bond donors (Lipinski definition) is 5. The SMILES string of the molecule is CC(=O)NC1=NC(O)(C(C)c2ccc(I)cc2[N+](=O)[O-])c2ncn([C@H]3C[C@H](O)[C@@H](CO)O3)c2N1. The average Bonchev–Trinajstić information content (AvgIpc) is 3.36. The molecule has 5 N–H and O–H groups in total. The number of nitro groups is 1. The second kappa shape index (κ2) is 9.18. The van der Waals surface area contributed by atoms with Gasteiger partial charge >= 0.3 is 0 Å². The minimum atomic E-state index is -2.09. The first-order valence-electron chi connectivity index (χ1n) is 10.4. The van der Waals surface area contributed by atoms with Crippen LogP contribution in [0.25, 0.3) is 0 Å². The van der Waals surface area contributed by atoms with Gasteiger partial charge in [-0.15, -0.1) is 0 Å². The highest BCUT2D eigenvalue weighted by Gasteiger charge is 2.48. The number of aromatic nitrogens is 2. The second-order valence-corrected chi connectivity index (χ2v) is 9.38. The highest BCUT2D eigenvalue weighted by molar-refractivity contribution is 14.1. The number of hydrogen-bond acceptors (Lipinski definition) is 10. The van der Waals surface area contributed by atoms with Gasteiger partial charge in [-0.1, -0.05) is 13.0 Å². The summed E-state index contributed by atoms with van der Waals surface area (Å²) in [5, 5.41) is 48.5. The molecular weight excluding hydrogens is 563 g/mol. The molecule has 0 aliphatic carbocycles. The van der Waals surface area contributed by atoms with Gasteiger partial charge in [0.05, 0.1) is 24.0 Å². The van der Waals surface area contributed by atoms with Crippen LogP contribution in [-0.2, 0) is 15.3 Å². The third kappa shape index (κ3) is 4.26. The molecule has 5 atom stereocenters. The molecule has 2 unspecified atom stereocenters. The summed E-state index contributed by atoms with van der Waals surface area (Å²) in [5.74, 6) is -1.25. The molecular formula is C20H23IN6O7. The molecule has 182 valence electrons. The number of ether oxygens (including phenoxy) is 1. The van der Waals surface area contributed by atoms with E-state index in [1.807, 2.05) is 22.6 Å². The van der Waals surface area contributed by atoms with Crippen LogP contribution >= 0.6 is 22.6 Å². The standard InChI is InChI=1S/C20H23IN6O7/c1-9(12-4-3-11(21)5-13(12)27(32)33)20(31)17-18(24-19(25-20)23-10(2)29)26(8-22-17)16-6-14(30)15(7-28)34-16/h3-5,8-9,14-16,28,30-31H,6-7H2,1-2H3,(H2,23,24,25,29)/t9?,14-,15+,16+,20?/m0/s1. The number of nitro benzene ring substituents is 1. The molecule has 0 radical (unpaired) electrons. The molecule has 34 heavy (non-hydrogen) atoms. The number of aliphatic imine (C=N–C) groups is 1. The molecule has 2 aromatic rings. The molecule has 0 spiro atoms. The Morgan fingerprint density at radius 1 is 1.53 bits per heavy atom. The molecule has 3 heterocycles. The molecule has 1 amide bonds. The Kier molecular flexibility index (Phi) is 6.61. The van der Waals surface area contributed by atoms with Gasteiger partial charge in [-0.05, 0) is 28.7 Å². The monoisotopic (exact) mass is 586 g/mol. The minimum Gasteiger partial charge on any atom is -0.394 e. The molecule has 1 aromatic carbocycles. The normalized spacial score (nSPS) is 26.9. The zero-order valence-corrected chi connectivity index (χ0v) is 20.3. The predicted octanol–water partition coefficient (Wildman–Crippen LogP) is 0.903. The van der Waals surface area contributed by atoms with Crippen LogP contribution in [0.15, 0.2) is 29.5 Å². The number of carbonyl (C=O) groups is 1. The van der Waals surface area contributed by atoms with E-state index < -0.39 is 40.9 Å². The maximum atomic E-state index is 11.8. The van der Waals surface area contributed by atoms with Crippen molar-refractivity contribution < 1.29 is 29.8 Å². The van der Waals surface area contributed by atoms with Crippen LogP contribution in [0, 0.1) is 13.7 Å². The number of aliphatic hydroxyl groups is 3. The molecule has 2 aliphatic heterocycles. The largest absolute Gasteiger partial charge is 0.394 e. The van der Waals surface area contributed by atoms with Gasteiger partial charge < -0.3 is 25.4 Å². The van der Waals surface area contributed by atoms with E-state index in [4.69, 9.17) is 4.74 Å². The number of aliphatic hydroxyl groups excluding tert-OH is 2. The molecule has 1 saturated heterocycles. The van der Waals surface area contributed by atoms with Gasteiger partial charge in [0.1, 0.15) is 23.8 Å². The Bertz CT molecular complexity index is 1170.